The fraction of sp³-hybridized carbons (Fsp3) is 0.333. The highest BCUT2D eigenvalue weighted by Gasteiger charge is 2.43. The molecule has 33 heavy (non-hydrogen) atoms. The quantitative estimate of drug-likeness (QED) is 0.266. The molecular formula is C27H25F5O. The predicted octanol–water partition coefficient (Wildman–Crippen LogP) is 8.29. The smallest absolute Gasteiger partial charge is 0.425 e. The van der Waals surface area contributed by atoms with Crippen LogP contribution in [0.15, 0.2) is 54.6 Å². The average Bonchev–Trinajstić information content (AvgIpc) is 2.78. The summed E-state index contributed by atoms with van der Waals surface area (Å²) in [6, 6.07) is 14.5. The minimum atomic E-state index is -4.45. The maximum atomic E-state index is 15.0. The van der Waals surface area contributed by atoms with Crippen LogP contribution in [0.1, 0.15) is 43.7 Å². The molecule has 0 fully saturated rings. The predicted molar refractivity (Wildman–Crippen MR) is 119 cm³/mol. The number of ether oxygens (including phenoxy) is 1. The van der Waals surface area contributed by atoms with E-state index in [1.165, 1.54) is 35.9 Å². The lowest BCUT2D eigenvalue weighted by Crippen LogP contribution is -2.37. The maximum Gasteiger partial charge on any atom is 0.425 e. The van der Waals surface area contributed by atoms with Crippen LogP contribution in [0, 0.1) is 11.6 Å². The Morgan fingerprint density at radius 1 is 0.848 bits per heavy atom. The van der Waals surface area contributed by atoms with Gasteiger partial charge in [-0.05, 0) is 77.8 Å². The highest BCUT2D eigenvalue weighted by Crippen LogP contribution is 2.38. The minimum absolute atomic E-state index is 0.101. The number of halogens is 5. The second kappa shape index (κ2) is 9.54. The first-order valence-corrected chi connectivity index (χ1v) is 11.2. The van der Waals surface area contributed by atoms with Crippen molar-refractivity contribution >= 4 is 0 Å². The molecule has 0 aromatic heterocycles. The van der Waals surface area contributed by atoms with E-state index in [0.717, 1.165) is 31.2 Å². The molecule has 4 rings (SSSR count). The average molecular weight is 460 g/mol. The molecule has 3 aromatic rings. The minimum Gasteiger partial charge on any atom is -0.481 e. The first-order valence-electron chi connectivity index (χ1n) is 11.2. The Morgan fingerprint density at radius 3 is 2.15 bits per heavy atom. The molecule has 1 aliphatic heterocycles. The van der Waals surface area contributed by atoms with Crippen LogP contribution >= 0.6 is 0 Å². The van der Waals surface area contributed by atoms with Crippen LogP contribution in [0.4, 0.5) is 22.0 Å². The summed E-state index contributed by atoms with van der Waals surface area (Å²) in [4.78, 5) is 0. The Bertz CT molecular complexity index is 1100. The summed E-state index contributed by atoms with van der Waals surface area (Å²) in [6.07, 6.45) is -2.01. The molecular weight excluding hydrogens is 435 g/mol. The Hall–Kier alpha value is -2.89. The van der Waals surface area contributed by atoms with Crippen LogP contribution in [0.5, 0.6) is 5.75 Å². The standard InChI is InChI=1S/C27H25F5O/c1-2-3-4-5-17-6-8-18(9-7-17)21-15-22(28)26(23(29)16-21)20-10-12-24-19(14-20)11-13-25(33-24)27(30,31)32/h6-10,12,14-16,25H,2-5,11,13H2,1H3. The second-order valence-corrected chi connectivity index (χ2v) is 8.48. The summed E-state index contributed by atoms with van der Waals surface area (Å²) in [5.74, 6) is -1.34. The number of aryl methyl sites for hydroxylation is 2. The molecule has 3 aromatic carbocycles. The molecule has 0 amide bonds. The van der Waals surface area contributed by atoms with Crippen molar-refractivity contribution in [3.63, 3.8) is 0 Å². The summed E-state index contributed by atoms with van der Waals surface area (Å²) in [6.45, 7) is 2.15. The number of unbranched alkanes of at least 4 members (excludes halogenated alkanes) is 2. The van der Waals surface area contributed by atoms with E-state index in [9.17, 15) is 22.0 Å². The van der Waals surface area contributed by atoms with Crippen molar-refractivity contribution in [3.8, 4) is 28.0 Å². The topological polar surface area (TPSA) is 9.23 Å². The highest BCUT2D eigenvalue weighted by molar-refractivity contribution is 5.73. The van der Waals surface area contributed by atoms with Gasteiger partial charge < -0.3 is 4.74 Å². The van der Waals surface area contributed by atoms with Crippen molar-refractivity contribution < 1.29 is 26.7 Å². The molecule has 0 spiro atoms. The van der Waals surface area contributed by atoms with Crippen molar-refractivity contribution in [2.75, 3.05) is 0 Å². The van der Waals surface area contributed by atoms with E-state index in [1.54, 1.807) is 0 Å². The van der Waals surface area contributed by atoms with Crippen molar-refractivity contribution in [1.82, 2.24) is 0 Å². The van der Waals surface area contributed by atoms with Gasteiger partial charge in [-0.3, -0.25) is 0 Å². The Kier molecular flexibility index (Phi) is 6.73. The van der Waals surface area contributed by atoms with Crippen LogP contribution in [-0.4, -0.2) is 12.3 Å². The van der Waals surface area contributed by atoms with E-state index in [4.69, 9.17) is 4.74 Å². The normalized spacial score (nSPS) is 15.8. The first-order chi connectivity index (χ1) is 15.8. The molecule has 1 atom stereocenters. The third-order valence-electron chi connectivity index (χ3n) is 6.06. The second-order valence-electron chi connectivity index (χ2n) is 8.48. The van der Waals surface area contributed by atoms with E-state index in [2.05, 4.69) is 6.92 Å². The van der Waals surface area contributed by atoms with Gasteiger partial charge in [-0.2, -0.15) is 13.2 Å². The van der Waals surface area contributed by atoms with Gasteiger partial charge in [0.05, 0.1) is 5.56 Å². The Morgan fingerprint density at radius 2 is 1.52 bits per heavy atom. The van der Waals surface area contributed by atoms with E-state index >= 15 is 0 Å². The monoisotopic (exact) mass is 460 g/mol. The van der Waals surface area contributed by atoms with Crippen molar-refractivity contribution in [2.24, 2.45) is 0 Å². The zero-order valence-electron chi connectivity index (χ0n) is 18.3. The molecule has 1 heterocycles. The number of hydrogen-bond acceptors (Lipinski definition) is 1. The summed E-state index contributed by atoms with van der Waals surface area (Å²) in [5, 5.41) is 0. The van der Waals surface area contributed by atoms with Gasteiger partial charge in [0, 0.05) is 0 Å². The molecule has 0 saturated heterocycles. The summed E-state index contributed by atoms with van der Waals surface area (Å²) in [5.41, 5.74) is 2.92. The molecule has 1 unspecified atom stereocenters. The molecule has 6 heteroatoms. The lowest BCUT2D eigenvalue weighted by Gasteiger charge is -2.28. The van der Waals surface area contributed by atoms with Crippen LogP contribution in [0.2, 0.25) is 0 Å². The Balaban J connectivity index is 1.57. The summed E-state index contributed by atoms with van der Waals surface area (Å²) in [7, 11) is 0. The summed E-state index contributed by atoms with van der Waals surface area (Å²) < 4.78 is 73.8. The van der Waals surface area contributed by atoms with Gasteiger partial charge in [-0.15, -0.1) is 0 Å². The van der Waals surface area contributed by atoms with Gasteiger partial charge in [0.15, 0.2) is 6.10 Å². The largest absolute Gasteiger partial charge is 0.481 e. The van der Waals surface area contributed by atoms with E-state index in [1.807, 2.05) is 24.3 Å². The van der Waals surface area contributed by atoms with Gasteiger partial charge in [0.25, 0.3) is 0 Å². The van der Waals surface area contributed by atoms with E-state index in [0.29, 0.717) is 11.1 Å². The number of benzene rings is 3. The number of rotatable bonds is 6. The SMILES string of the molecule is CCCCCc1ccc(-c2cc(F)c(-c3ccc4c(c3)CCC(C(F)(F)F)O4)c(F)c2)cc1. The number of fused-ring (bicyclic) bond motifs is 1. The summed E-state index contributed by atoms with van der Waals surface area (Å²) >= 11 is 0. The van der Waals surface area contributed by atoms with Gasteiger partial charge in [0.2, 0.25) is 0 Å². The van der Waals surface area contributed by atoms with Crippen molar-refractivity contribution in [2.45, 2.75) is 57.7 Å². The van der Waals surface area contributed by atoms with E-state index < -0.39 is 23.9 Å². The lowest BCUT2D eigenvalue weighted by atomic mass is 9.94. The third-order valence-corrected chi connectivity index (χ3v) is 6.06. The first kappa shape index (κ1) is 23.3. The molecule has 0 bridgehead atoms. The maximum absolute atomic E-state index is 15.0. The molecule has 1 aliphatic rings. The van der Waals surface area contributed by atoms with Crippen molar-refractivity contribution in [3.05, 3.63) is 77.4 Å². The molecule has 174 valence electrons. The molecule has 0 N–H and O–H groups in total. The zero-order valence-corrected chi connectivity index (χ0v) is 18.3. The van der Waals surface area contributed by atoms with Gasteiger partial charge in [0.1, 0.15) is 17.4 Å². The number of hydrogen-bond donors (Lipinski definition) is 0. The molecule has 0 aliphatic carbocycles. The van der Waals surface area contributed by atoms with Gasteiger partial charge >= 0.3 is 6.18 Å². The van der Waals surface area contributed by atoms with Crippen LogP contribution in [0.25, 0.3) is 22.3 Å². The van der Waals surface area contributed by atoms with E-state index in [-0.39, 0.29) is 29.7 Å². The molecule has 0 radical (unpaired) electrons. The third kappa shape index (κ3) is 5.21. The highest BCUT2D eigenvalue weighted by atomic mass is 19.4. The van der Waals surface area contributed by atoms with Crippen LogP contribution in [0.3, 0.4) is 0 Å². The lowest BCUT2D eigenvalue weighted by molar-refractivity contribution is -0.199. The van der Waals surface area contributed by atoms with Crippen LogP contribution < -0.4 is 4.74 Å². The number of alkyl halides is 3. The molecule has 0 saturated carbocycles. The van der Waals surface area contributed by atoms with Gasteiger partial charge in [-0.1, -0.05) is 50.1 Å². The fourth-order valence-corrected chi connectivity index (χ4v) is 4.23. The van der Waals surface area contributed by atoms with Crippen LogP contribution in [-0.2, 0) is 12.8 Å². The van der Waals surface area contributed by atoms with Gasteiger partial charge in [-0.25, -0.2) is 8.78 Å². The molecule has 1 nitrogen and oxygen atoms in total. The van der Waals surface area contributed by atoms with Crippen molar-refractivity contribution in [1.29, 1.82) is 0 Å². The zero-order chi connectivity index (χ0) is 23.6. The Labute approximate surface area is 190 Å². The fourth-order valence-electron chi connectivity index (χ4n) is 4.23.